The molecule has 8 heteroatoms. The fourth-order valence-electron chi connectivity index (χ4n) is 3.67. The van der Waals surface area contributed by atoms with E-state index in [2.05, 4.69) is 41.1 Å². The summed E-state index contributed by atoms with van der Waals surface area (Å²) in [5, 5.41) is 20.0. The third-order valence-corrected chi connectivity index (χ3v) is 5.68. The van der Waals surface area contributed by atoms with Crippen LogP contribution in [-0.4, -0.2) is 52.1 Å². The van der Waals surface area contributed by atoms with E-state index >= 15 is 0 Å². The first kappa shape index (κ1) is 20.5. The number of hydrogen-bond donors (Lipinski definition) is 0. The number of nitro benzene ring substituents is 1. The number of benzene rings is 2. The van der Waals surface area contributed by atoms with Gasteiger partial charge in [-0.05, 0) is 49.2 Å². The summed E-state index contributed by atoms with van der Waals surface area (Å²) in [6, 6.07) is 16.2. The number of hydrogen-bond acceptors (Lipinski definition) is 6. The van der Waals surface area contributed by atoms with Crippen molar-refractivity contribution in [1.29, 1.82) is 0 Å². The van der Waals surface area contributed by atoms with Crippen molar-refractivity contribution in [2.75, 3.05) is 31.1 Å². The molecule has 8 nitrogen and oxygen atoms in total. The summed E-state index contributed by atoms with van der Waals surface area (Å²) in [7, 11) is 0. The van der Waals surface area contributed by atoms with Gasteiger partial charge in [-0.3, -0.25) is 14.9 Å². The average Bonchev–Trinajstić information content (AvgIpc) is 2.80. The van der Waals surface area contributed by atoms with Crippen molar-refractivity contribution in [2.24, 2.45) is 0 Å². The molecule has 0 atom stereocenters. The zero-order valence-electron chi connectivity index (χ0n) is 17.5. The lowest BCUT2D eigenvalue weighted by atomic mass is 10.0. The molecule has 0 radical (unpaired) electrons. The van der Waals surface area contributed by atoms with Gasteiger partial charge in [-0.15, -0.1) is 10.2 Å². The van der Waals surface area contributed by atoms with E-state index in [0.717, 1.165) is 17.1 Å². The lowest BCUT2D eigenvalue weighted by molar-refractivity contribution is -0.385. The molecular formula is C23H23N5O3. The van der Waals surface area contributed by atoms with E-state index in [1.807, 2.05) is 18.2 Å². The molecule has 0 N–H and O–H groups in total. The van der Waals surface area contributed by atoms with Crippen LogP contribution in [0.3, 0.4) is 0 Å². The van der Waals surface area contributed by atoms with Crippen molar-refractivity contribution in [1.82, 2.24) is 15.1 Å². The van der Waals surface area contributed by atoms with Crippen LogP contribution in [-0.2, 0) is 0 Å². The third kappa shape index (κ3) is 4.23. The predicted octanol–water partition coefficient (Wildman–Crippen LogP) is 3.63. The Balaban J connectivity index is 1.42. The van der Waals surface area contributed by atoms with Gasteiger partial charge in [-0.2, -0.15) is 0 Å². The van der Waals surface area contributed by atoms with Gasteiger partial charge in [0.1, 0.15) is 5.56 Å². The number of piperazine rings is 1. The molecule has 0 unspecified atom stereocenters. The molecule has 2 heterocycles. The third-order valence-electron chi connectivity index (χ3n) is 5.68. The number of aryl methyl sites for hydroxylation is 2. The number of para-hydroxylation sites is 1. The molecule has 1 fully saturated rings. The minimum atomic E-state index is -0.518. The highest BCUT2D eigenvalue weighted by molar-refractivity contribution is 5.98. The van der Waals surface area contributed by atoms with Crippen LogP contribution < -0.4 is 4.90 Å². The molecule has 1 aliphatic rings. The number of nitro groups is 1. The van der Waals surface area contributed by atoms with Crippen LogP contribution in [0.1, 0.15) is 21.5 Å². The fraction of sp³-hybridized carbons (Fsp3) is 0.261. The first-order chi connectivity index (χ1) is 14.9. The molecule has 0 saturated carbocycles. The van der Waals surface area contributed by atoms with E-state index in [-0.39, 0.29) is 17.2 Å². The first-order valence-electron chi connectivity index (χ1n) is 10.1. The zero-order chi connectivity index (χ0) is 22.0. The number of anilines is 1. The highest BCUT2D eigenvalue weighted by Gasteiger charge is 2.27. The molecule has 0 aliphatic carbocycles. The molecule has 1 aliphatic heterocycles. The Bertz CT molecular complexity index is 1120. The number of rotatable bonds is 4. The molecule has 2 aromatic carbocycles. The minimum Gasteiger partial charge on any atom is -0.352 e. The summed E-state index contributed by atoms with van der Waals surface area (Å²) in [6.45, 7) is 6.25. The Morgan fingerprint density at radius 2 is 1.68 bits per heavy atom. The van der Waals surface area contributed by atoms with E-state index in [9.17, 15) is 14.9 Å². The van der Waals surface area contributed by atoms with E-state index in [1.165, 1.54) is 23.3 Å². The van der Waals surface area contributed by atoms with Crippen LogP contribution in [0.2, 0.25) is 0 Å². The maximum atomic E-state index is 12.8. The predicted molar refractivity (Wildman–Crippen MR) is 118 cm³/mol. The van der Waals surface area contributed by atoms with Gasteiger partial charge >= 0.3 is 0 Å². The standard InChI is InChI=1S/C23H23N5O3/c1-16-7-8-18(15-17(16)2)20-9-10-22(25-24-20)26-11-13-27(14-12-26)23(29)19-5-3-4-6-21(19)28(30)31/h3-10,15H,11-14H2,1-2H3. The maximum Gasteiger partial charge on any atom is 0.282 e. The van der Waals surface area contributed by atoms with Gasteiger partial charge in [0.15, 0.2) is 5.82 Å². The smallest absolute Gasteiger partial charge is 0.282 e. The first-order valence-corrected chi connectivity index (χ1v) is 10.1. The fourth-order valence-corrected chi connectivity index (χ4v) is 3.67. The van der Waals surface area contributed by atoms with Crippen molar-refractivity contribution < 1.29 is 9.72 Å². The van der Waals surface area contributed by atoms with Crippen LogP contribution in [0.15, 0.2) is 54.6 Å². The van der Waals surface area contributed by atoms with Crippen LogP contribution in [0, 0.1) is 24.0 Å². The lowest BCUT2D eigenvalue weighted by Crippen LogP contribution is -2.49. The van der Waals surface area contributed by atoms with E-state index in [1.54, 1.807) is 17.0 Å². The van der Waals surface area contributed by atoms with Crippen LogP contribution in [0.4, 0.5) is 11.5 Å². The highest BCUT2D eigenvalue weighted by atomic mass is 16.6. The van der Waals surface area contributed by atoms with Crippen molar-refractivity contribution in [2.45, 2.75) is 13.8 Å². The number of amides is 1. The van der Waals surface area contributed by atoms with Gasteiger partial charge in [0.25, 0.3) is 11.6 Å². The van der Waals surface area contributed by atoms with Gasteiger partial charge in [-0.1, -0.05) is 24.3 Å². The topological polar surface area (TPSA) is 92.5 Å². The zero-order valence-corrected chi connectivity index (χ0v) is 17.5. The number of aromatic nitrogens is 2. The van der Waals surface area contributed by atoms with Gasteiger partial charge in [0.05, 0.1) is 10.6 Å². The molecule has 0 spiro atoms. The van der Waals surface area contributed by atoms with Crippen LogP contribution in [0.5, 0.6) is 0 Å². The van der Waals surface area contributed by atoms with E-state index < -0.39 is 4.92 Å². The van der Waals surface area contributed by atoms with E-state index in [4.69, 9.17) is 0 Å². The van der Waals surface area contributed by atoms with Crippen molar-refractivity contribution in [3.63, 3.8) is 0 Å². The Kier molecular flexibility index (Phi) is 5.62. The Labute approximate surface area is 180 Å². The Morgan fingerprint density at radius 3 is 2.32 bits per heavy atom. The second kappa shape index (κ2) is 8.51. The monoisotopic (exact) mass is 417 g/mol. The summed E-state index contributed by atoms with van der Waals surface area (Å²) in [6.07, 6.45) is 0. The number of nitrogens with zero attached hydrogens (tertiary/aromatic N) is 5. The summed E-state index contributed by atoms with van der Waals surface area (Å²) in [5.74, 6) is 0.438. The van der Waals surface area contributed by atoms with Crippen LogP contribution >= 0.6 is 0 Å². The Morgan fingerprint density at radius 1 is 0.935 bits per heavy atom. The molecule has 4 rings (SSSR count). The molecule has 0 bridgehead atoms. The Hall–Kier alpha value is -3.81. The van der Waals surface area contributed by atoms with Gasteiger partial charge in [0.2, 0.25) is 0 Å². The van der Waals surface area contributed by atoms with Gasteiger partial charge in [0, 0.05) is 37.8 Å². The SMILES string of the molecule is Cc1ccc(-c2ccc(N3CCN(C(=O)c4ccccc4[N+](=O)[O-])CC3)nn2)cc1C. The van der Waals surface area contributed by atoms with Gasteiger partial charge < -0.3 is 9.80 Å². The van der Waals surface area contributed by atoms with Crippen molar-refractivity contribution in [3.8, 4) is 11.3 Å². The molecular weight excluding hydrogens is 394 g/mol. The summed E-state index contributed by atoms with van der Waals surface area (Å²) >= 11 is 0. The molecule has 1 saturated heterocycles. The lowest BCUT2D eigenvalue weighted by Gasteiger charge is -2.35. The molecule has 1 aromatic heterocycles. The van der Waals surface area contributed by atoms with Crippen molar-refractivity contribution >= 4 is 17.4 Å². The number of carbonyl (C=O) groups is 1. The summed E-state index contributed by atoms with van der Waals surface area (Å²) < 4.78 is 0. The van der Waals surface area contributed by atoms with Gasteiger partial charge in [-0.25, -0.2) is 0 Å². The second-order valence-electron chi connectivity index (χ2n) is 7.63. The molecule has 31 heavy (non-hydrogen) atoms. The number of carbonyl (C=O) groups excluding carboxylic acids is 1. The van der Waals surface area contributed by atoms with E-state index in [0.29, 0.717) is 26.2 Å². The molecule has 1 amide bonds. The molecule has 158 valence electrons. The second-order valence-corrected chi connectivity index (χ2v) is 7.63. The highest BCUT2D eigenvalue weighted by Crippen LogP contribution is 2.23. The summed E-state index contributed by atoms with van der Waals surface area (Å²) in [4.78, 5) is 27.2. The average molecular weight is 417 g/mol. The normalized spacial score (nSPS) is 13.9. The quantitative estimate of drug-likeness (QED) is 0.475. The summed E-state index contributed by atoms with van der Waals surface area (Å²) in [5.41, 5.74) is 4.25. The van der Waals surface area contributed by atoms with Crippen LogP contribution in [0.25, 0.3) is 11.3 Å². The minimum absolute atomic E-state index is 0.124. The maximum absolute atomic E-state index is 12.8. The largest absolute Gasteiger partial charge is 0.352 e. The van der Waals surface area contributed by atoms with Crippen molar-refractivity contribution in [3.05, 3.63) is 81.4 Å². The molecule has 3 aromatic rings.